The summed E-state index contributed by atoms with van der Waals surface area (Å²) in [6.45, 7) is 0. The summed E-state index contributed by atoms with van der Waals surface area (Å²) in [5.74, 6) is 0. The van der Waals surface area contributed by atoms with E-state index in [4.69, 9.17) is 23.2 Å². The van der Waals surface area contributed by atoms with Gasteiger partial charge in [0, 0.05) is 12.1 Å². The molecule has 102 valence electrons. The Morgan fingerprint density at radius 2 is 1.95 bits per heavy atom. The van der Waals surface area contributed by atoms with Gasteiger partial charge in [0.05, 0.1) is 26.9 Å². The molecule has 0 saturated heterocycles. The summed E-state index contributed by atoms with van der Waals surface area (Å²) in [6, 6.07) is 11.2. The number of nitro benzene ring substituents is 1. The van der Waals surface area contributed by atoms with Crippen molar-refractivity contribution in [3.8, 4) is 0 Å². The van der Waals surface area contributed by atoms with Gasteiger partial charge in [-0.1, -0.05) is 35.3 Å². The van der Waals surface area contributed by atoms with E-state index in [9.17, 15) is 10.1 Å². The molecular formula is C13H9Cl2N3O2. The Morgan fingerprint density at radius 3 is 2.65 bits per heavy atom. The molecule has 20 heavy (non-hydrogen) atoms. The molecule has 0 saturated carbocycles. The van der Waals surface area contributed by atoms with Crippen LogP contribution in [0.1, 0.15) is 5.56 Å². The molecule has 0 unspecified atom stereocenters. The molecule has 0 aliphatic carbocycles. The van der Waals surface area contributed by atoms with Crippen LogP contribution in [0.3, 0.4) is 0 Å². The van der Waals surface area contributed by atoms with Gasteiger partial charge in [-0.05, 0) is 23.8 Å². The fraction of sp³-hybridized carbons (Fsp3) is 0. The van der Waals surface area contributed by atoms with Crippen LogP contribution in [0.25, 0.3) is 0 Å². The fourth-order valence-corrected chi connectivity index (χ4v) is 1.77. The van der Waals surface area contributed by atoms with E-state index in [0.29, 0.717) is 15.7 Å². The van der Waals surface area contributed by atoms with Crippen LogP contribution in [0, 0.1) is 10.1 Å². The highest BCUT2D eigenvalue weighted by Crippen LogP contribution is 2.22. The summed E-state index contributed by atoms with van der Waals surface area (Å²) >= 11 is 11.7. The van der Waals surface area contributed by atoms with E-state index in [-0.39, 0.29) is 5.69 Å². The maximum atomic E-state index is 10.6. The second-order valence-electron chi connectivity index (χ2n) is 3.85. The third-order valence-corrected chi connectivity index (χ3v) is 3.15. The Bertz CT molecular complexity index is 674. The first-order valence-corrected chi connectivity index (χ1v) is 6.30. The molecule has 0 amide bonds. The van der Waals surface area contributed by atoms with Gasteiger partial charge in [0.25, 0.3) is 5.69 Å². The van der Waals surface area contributed by atoms with E-state index in [2.05, 4.69) is 10.5 Å². The van der Waals surface area contributed by atoms with Gasteiger partial charge in [-0.2, -0.15) is 5.10 Å². The van der Waals surface area contributed by atoms with Gasteiger partial charge in [0.15, 0.2) is 0 Å². The zero-order valence-corrected chi connectivity index (χ0v) is 11.6. The number of hydrogen-bond acceptors (Lipinski definition) is 4. The average molecular weight is 310 g/mol. The molecule has 5 nitrogen and oxygen atoms in total. The average Bonchev–Trinajstić information content (AvgIpc) is 2.43. The molecule has 0 aromatic heterocycles. The van der Waals surface area contributed by atoms with Crippen molar-refractivity contribution in [3.63, 3.8) is 0 Å². The summed E-state index contributed by atoms with van der Waals surface area (Å²) in [7, 11) is 0. The largest absolute Gasteiger partial charge is 0.278 e. The molecule has 0 radical (unpaired) electrons. The van der Waals surface area contributed by atoms with E-state index in [0.717, 1.165) is 5.56 Å². The second-order valence-corrected chi connectivity index (χ2v) is 4.67. The number of rotatable bonds is 4. The fourth-order valence-electron chi connectivity index (χ4n) is 1.46. The van der Waals surface area contributed by atoms with Crippen molar-refractivity contribution in [1.29, 1.82) is 0 Å². The molecule has 2 rings (SSSR count). The van der Waals surface area contributed by atoms with E-state index in [1.165, 1.54) is 12.1 Å². The first-order chi connectivity index (χ1) is 9.56. The molecular weight excluding hydrogens is 301 g/mol. The highest BCUT2D eigenvalue weighted by molar-refractivity contribution is 6.42. The van der Waals surface area contributed by atoms with Crippen LogP contribution >= 0.6 is 23.2 Å². The van der Waals surface area contributed by atoms with Crippen molar-refractivity contribution in [1.82, 2.24) is 0 Å². The van der Waals surface area contributed by atoms with E-state index >= 15 is 0 Å². The molecule has 0 fully saturated rings. The first-order valence-electron chi connectivity index (χ1n) is 5.55. The van der Waals surface area contributed by atoms with Gasteiger partial charge < -0.3 is 0 Å². The molecule has 7 heteroatoms. The SMILES string of the molecule is O=[N+]([O-])c1cccc(NN=Cc2ccc(Cl)c(Cl)c2)c1. The molecule has 0 aliphatic rings. The van der Waals surface area contributed by atoms with E-state index in [1.807, 2.05) is 0 Å². The number of halogens is 2. The lowest BCUT2D eigenvalue weighted by molar-refractivity contribution is -0.384. The first kappa shape index (κ1) is 14.3. The number of hydrogen-bond donors (Lipinski definition) is 1. The lowest BCUT2D eigenvalue weighted by Crippen LogP contribution is -1.93. The standard InChI is InChI=1S/C13H9Cl2N3O2/c14-12-5-4-9(6-13(12)15)8-16-17-10-2-1-3-11(7-10)18(19)20/h1-8,17H. The van der Waals surface area contributed by atoms with Crippen molar-refractivity contribution in [2.24, 2.45) is 5.10 Å². The van der Waals surface area contributed by atoms with Crippen molar-refractivity contribution >= 4 is 40.8 Å². The number of nitrogens with zero attached hydrogens (tertiary/aromatic N) is 2. The lowest BCUT2D eigenvalue weighted by Gasteiger charge is -2.00. The number of non-ortho nitro benzene ring substituents is 1. The summed E-state index contributed by atoms with van der Waals surface area (Å²) < 4.78 is 0. The Labute approximate surface area is 125 Å². The topological polar surface area (TPSA) is 67.5 Å². The number of anilines is 1. The number of nitro groups is 1. The van der Waals surface area contributed by atoms with Crippen LogP contribution < -0.4 is 5.43 Å². The van der Waals surface area contributed by atoms with Crippen molar-refractivity contribution in [2.75, 3.05) is 5.43 Å². The molecule has 0 heterocycles. The Morgan fingerprint density at radius 1 is 1.15 bits per heavy atom. The van der Waals surface area contributed by atoms with Crippen LogP contribution in [-0.2, 0) is 0 Å². The lowest BCUT2D eigenvalue weighted by atomic mass is 10.2. The van der Waals surface area contributed by atoms with Crippen molar-refractivity contribution in [2.45, 2.75) is 0 Å². The molecule has 1 N–H and O–H groups in total. The number of nitrogens with one attached hydrogen (secondary N) is 1. The third-order valence-electron chi connectivity index (χ3n) is 2.41. The van der Waals surface area contributed by atoms with Crippen LogP contribution in [0.2, 0.25) is 10.0 Å². The molecule has 2 aromatic carbocycles. The molecule has 0 bridgehead atoms. The number of benzene rings is 2. The molecule has 0 spiro atoms. The van der Waals surface area contributed by atoms with Gasteiger partial charge in [-0.15, -0.1) is 0 Å². The van der Waals surface area contributed by atoms with E-state index in [1.54, 1.807) is 36.5 Å². The predicted molar refractivity (Wildman–Crippen MR) is 80.8 cm³/mol. The second kappa shape index (κ2) is 6.36. The minimum Gasteiger partial charge on any atom is -0.278 e. The monoisotopic (exact) mass is 309 g/mol. The Hall–Kier alpha value is -2.11. The Balaban J connectivity index is 2.07. The summed E-state index contributed by atoms with van der Waals surface area (Å²) in [6.07, 6.45) is 1.54. The number of hydrazone groups is 1. The minimum absolute atomic E-state index is 0.000243. The quantitative estimate of drug-likeness (QED) is 0.518. The molecule has 0 atom stereocenters. The summed E-state index contributed by atoms with van der Waals surface area (Å²) in [5, 5.41) is 15.5. The van der Waals surface area contributed by atoms with Crippen molar-refractivity contribution < 1.29 is 4.92 Å². The van der Waals surface area contributed by atoms with Crippen molar-refractivity contribution in [3.05, 3.63) is 68.2 Å². The van der Waals surface area contributed by atoms with Crippen LogP contribution in [0.4, 0.5) is 11.4 Å². The Kier molecular flexibility index (Phi) is 4.55. The van der Waals surface area contributed by atoms with Crippen LogP contribution in [0.15, 0.2) is 47.6 Å². The van der Waals surface area contributed by atoms with Gasteiger partial charge in [0.2, 0.25) is 0 Å². The zero-order valence-electron chi connectivity index (χ0n) is 10.1. The highest BCUT2D eigenvalue weighted by atomic mass is 35.5. The molecule has 2 aromatic rings. The van der Waals surface area contributed by atoms with Gasteiger partial charge >= 0.3 is 0 Å². The maximum absolute atomic E-state index is 10.6. The van der Waals surface area contributed by atoms with E-state index < -0.39 is 4.92 Å². The normalized spacial score (nSPS) is 10.7. The summed E-state index contributed by atoms with van der Waals surface area (Å²) in [4.78, 5) is 10.2. The van der Waals surface area contributed by atoms with Crippen LogP contribution in [-0.4, -0.2) is 11.1 Å². The maximum Gasteiger partial charge on any atom is 0.271 e. The van der Waals surface area contributed by atoms with Gasteiger partial charge in [-0.3, -0.25) is 15.5 Å². The summed E-state index contributed by atoms with van der Waals surface area (Å²) in [5.41, 5.74) is 4.00. The zero-order chi connectivity index (χ0) is 14.5. The van der Waals surface area contributed by atoms with Gasteiger partial charge in [0.1, 0.15) is 0 Å². The third kappa shape index (κ3) is 3.69. The molecule has 0 aliphatic heterocycles. The predicted octanol–water partition coefficient (Wildman–Crippen LogP) is 4.35. The highest BCUT2D eigenvalue weighted by Gasteiger charge is 2.04. The van der Waals surface area contributed by atoms with Gasteiger partial charge in [-0.25, -0.2) is 0 Å². The smallest absolute Gasteiger partial charge is 0.271 e. The minimum atomic E-state index is -0.464. The van der Waals surface area contributed by atoms with Crippen LogP contribution in [0.5, 0.6) is 0 Å².